The molecular formula is C11H22N2O2S. The zero-order valence-corrected chi connectivity index (χ0v) is 11.8. The molecule has 5 heteroatoms. The number of carbonyl (C=O) groups is 1. The molecule has 0 atom stereocenters. The van der Waals surface area contributed by atoms with E-state index < -0.39 is 0 Å². The van der Waals surface area contributed by atoms with Gasteiger partial charge in [-0.2, -0.15) is 4.37 Å². The van der Waals surface area contributed by atoms with Crippen LogP contribution < -0.4 is 5.73 Å². The van der Waals surface area contributed by atoms with Crippen molar-refractivity contribution >= 4 is 23.3 Å². The van der Waals surface area contributed by atoms with Crippen LogP contribution in [0.15, 0.2) is 0 Å². The van der Waals surface area contributed by atoms with E-state index in [1.165, 1.54) is 7.11 Å². The Kier molecular flexibility index (Phi) is 11.3. The van der Waals surface area contributed by atoms with Crippen LogP contribution in [-0.2, 0) is 11.2 Å². The van der Waals surface area contributed by atoms with Crippen LogP contribution in [0.3, 0.4) is 0 Å². The number of aromatic nitrogens is 1. The molecule has 1 heterocycles. The van der Waals surface area contributed by atoms with Crippen molar-refractivity contribution in [2.75, 3.05) is 12.8 Å². The summed E-state index contributed by atoms with van der Waals surface area (Å²) in [4.78, 5) is 11.6. The van der Waals surface area contributed by atoms with E-state index in [1.54, 1.807) is 0 Å². The minimum atomic E-state index is -0.360. The molecular weight excluding hydrogens is 224 g/mol. The lowest BCUT2D eigenvalue weighted by Gasteiger charge is -1.97. The predicted molar refractivity (Wildman–Crippen MR) is 69.9 cm³/mol. The third-order valence-electron chi connectivity index (χ3n) is 1.54. The number of esters is 1. The zero-order valence-electron chi connectivity index (χ0n) is 11.0. The van der Waals surface area contributed by atoms with Crippen LogP contribution in [0.5, 0.6) is 0 Å². The number of hydrogen-bond acceptors (Lipinski definition) is 5. The smallest absolute Gasteiger partial charge is 0.350 e. The van der Waals surface area contributed by atoms with Crippen molar-refractivity contribution in [2.24, 2.45) is 0 Å². The normalized spacial score (nSPS) is 8.12. The Bertz CT molecular complexity index is 298. The van der Waals surface area contributed by atoms with Crippen molar-refractivity contribution in [1.29, 1.82) is 0 Å². The van der Waals surface area contributed by atoms with Gasteiger partial charge in [-0.25, -0.2) is 4.79 Å². The number of methoxy groups -OCH3 is 1. The first-order valence-corrected chi connectivity index (χ1v) is 6.30. The van der Waals surface area contributed by atoms with Gasteiger partial charge in [-0.1, -0.05) is 34.6 Å². The van der Waals surface area contributed by atoms with Crippen LogP contribution in [0.2, 0.25) is 0 Å². The second kappa shape index (κ2) is 10.4. The molecule has 1 aromatic heterocycles. The number of carbonyl (C=O) groups excluding carboxylic acids is 1. The quantitative estimate of drug-likeness (QED) is 0.814. The first-order chi connectivity index (χ1) is 7.70. The highest BCUT2D eigenvalue weighted by Crippen LogP contribution is 2.21. The highest BCUT2D eigenvalue weighted by atomic mass is 32.1. The topological polar surface area (TPSA) is 65.2 Å². The molecule has 0 saturated carbocycles. The molecule has 4 nitrogen and oxygen atoms in total. The SMILES string of the molecule is CC.CC.CCc1c(N)nsc1C(=O)OC. The summed E-state index contributed by atoms with van der Waals surface area (Å²) in [6.45, 7) is 9.92. The van der Waals surface area contributed by atoms with E-state index in [0.717, 1.165) is 17.1 Å². The number of rotatable bonds is 2. The van der Waals surface area contributed by atoms with Gasteiger partial charge in [0.15, 0.2) is 0 Å². The van der Waals surface area contributed by atoms with Gasteiger partial charge in [0, 0.05) is 5.56 Å². The molecule has 94 valence electrons. The van der Waals surface area contributed by atoms with E-state index in [1.807, 2.05) is 34.6 Å². The van der Waals surface area contributed by atoms with E-state index in [-0.39, 0.29) is 5.97 Å². The Balaban J connectivity index is 0. The summed E-state index contributed by atoms with van der Waals surface area (Å²) in [6.07, 6.45) is 0.701. The maximum Gasteiger partial charge on any atom is 0.350 e. The highest BCUT2D eigenvalue weighted by molar-refractivity contribution is 7.08. The Labute approximate surface area is 102 Å². The van der Waals surface area contributed by atoms with Gasteiger partial charge in [-0.05, 0) is 18.0 Å². The predicted octanol–water partition coefficient (Wildman–Crippen LogP) is 3.13. The van der Waals surface area contributed by atoms with E-state index in [9.17, 15) is 4.79 Å². The van der Waals surface area contributed by atoms with E-state index in [4.69, 9.17) is 5.73 Å². The first-order valence-electron chi connectivity index (χ1n) is 5.53. The summed E-state index contributed by atoms with van der Waals surface area (Å²) in [5.74, 6) is 0.0731. The molecule has 0 fully saturated rings. The van der Waals surface area contributed by atoms with Gasteiger partial charge in [0.2, 0.25) is 0 Å². The van der Waals surface area contributed by atoms with E-state index >= 15 is 0 Å². The van der Waals surface area contributed by atoms with Crippen molar-refractivity contribution in [3.8, 4) is 0 Å². The average Bonchev–Trinajstić information content (AvgIpc) is 2.74. The lowest BCUT2D eigenvalue weighted by atomic mass is 10.2. The number of nitrogens with zero attached hydrogens (tertiary/aromatic N) is 1. The lowest BCUT2D eigenvalue weighted by Crippen LogP contribution is -2.02. The Morgan fingerprint density at radius 1 is 1.38 bits per heavy atom. The van der Waals surface area contributed by atoms with Crippen LogP contribution in [0.1, 0.15) is 49.9 Å². The molecule has 0 aromatic carbocycles. The van der Waals surface area contributed by atoms with Gasteiger partial charge in [-0.15, -0.1) is 0 Å². The highest BCUT2D eigenvalue weighted by Gasteiger charge is 2.16. The van der Waals surface area contributed by atoms with Crippen molar-refractivity contribution in [3.05, 3.63) is 10.4 Å². The fraction of sp³-hybridized carbons (Fsp3) is 0.636. The molecule has 0 amide bonds. The van der Waals surface area contributed by atoms with Gasteiger partial charge in [0.05, 0.1) is 7.11 Å². The fourth-order valence-corrected chi connectivity index (χ4v) is 1.73. The van der Waals surface area contributed by atoms with Crippen LogP contribution in [-0.4, -0.2) is 17.5 Å². The van der Waals surface area contributed by atoms with Gasteiger partial charge in [-0.3, -0.25) is 0 Å². The van der Waals surface area contributed by atoms with Crippen molar-refractivity contribution in [1.82, 2.24) is 4.37 Å². The third kappa shape index (κ3) is 4.61. The molecule has 1 rings (SSSR count). The summed E-state index contributed by atoms with van der Waals surface area (Å²) in [6, 6.07) is 0. The summed E-state index contributed by atoms with van der Waals surface area (Å²) >= 11 is 1.08. The van der Waals surface area contributed by atoms with Crippen molar-refractivity contribution in [3.63, 3.8) is 0 Å². The minimum Gasteiger partial charge on any atom is -0.465 e. The zero-order chi connectivity index (χ0) is 13.1. The molecule has 0 spiro atoms. The van der Waals surface area contributed by atoms with Gasteiger partial charge in [0.1, 0.15) is 10.7 Å². The van der Waals surface area contributed by atoms with Crippen molar-refractivity contribution < 1.29 is 9.53 Å². The van der Waals surface area contributed by atoms with Crippen LogP contribution in [0.25, 0.3) is 0 Å². The monoisotopic (exact) mass is 246 g/mol. The summed E-state index contributed by atoms with van der Waals surface area (Å²) in [5.41, 5.74) is 6.32. The molecule has 0 aliphatic heterocycles. The van der Waals surface area contributed by atoms with Gasteiger partial charge >= 0.3 is 5.97 Å². The molecule has 2 N–H and O–H groups in total. The third-order valence-corrected chi connectivity index (χ3v) is 2.43. The Hall–Kier alpha value is -1.10. The summed E-state index contributed by atoms with van der Waals surface area (Å²) in [7, 11) is 1.34. The molecule has 0 radical (unpaired) electrons. The van der Waals surface area contributed by atoms with Crippen LogP contribution >= 0.6 is 11.5 Å². The number of nitrogen functional groups attached to an aromatic ring is 1. The molecule has 0 saturated heterocycles. The first kappa shape index (κ1) is 17.3. The lowest BCUT2D eigenvalue weighted by molar-refractivity contribution is 0.0605. The second-order valence-electron chi connectivity index (χ2n) is 2.22. The number of nitrogens with two attached hydrogens (primary N) is 1. The summed E-state index contributed by atoms with van der Waals surface area (Å²) < 4.78 is 8.44. The second-order valence-corrected chi connectivity index (χ2v) is 2.99. The molecule has 0 unspecified atom stereocenters. The average molecular weight is 246 g/mol. The molecule has 1 aromatic rings. The Morgan fingerprint density at radius 3 is 2.25 bits per heavy atom. The maximum absolute atomic E-state index is 11.1. The molecule has 0 aliphatic rings. The van der Waals surface area contributed by atoms with E-state index in [2.05, 4.69) is 9.11 Å². The Morgan fingerprint density at radius 2 is 1.88 bits per heavy atom. The van der Waals surface area contributed by atoms with Crippen LogP contribution in [0.4, 0.5) is 5.82 Å². The van der Waals surface area contributed by atoms with Crippen molar-refractivity contribution in [2.45, 2.75) is 41.0 Å². The standard InChI is InChI=1S/C7H10N2O2S.2C2H6/c1-3-4-5(7(10)11-2)12-9-6(4)8;2*1-2/h3H2,1-2H3,(H2,8,9);2*1-2H3. The number of ether oxygens (including phenoxy) is 1. The minimum absolute atomic E-state index is 0.360. The molecule has 0 bridgehead atoms. The number of anilines is 1. The van der Waals surface area contributed by atoms with Gasteiger partial charge in [0.25, 0.3) is 0 Å². The molecule has 16 heavy (non-hydrogen) atoms. The molecule has 0 aliphatic carbocycles. The number of hydrogen-bond donors (Lipinski definition) is 1. The van der Waals surface area contributed by atoms with Gasteiger partial charge < -0.3 is 10.5 Å². The summed E-state index contributed by atoms with van der Waals surface area (Å²) in [5, 5.41) is 0. The van der Waals surface area contributed by atoms with E-state index in [0.29, 0.717) is 17.1 Å². The largest absolute Gasteiger partial charge is 0.465 e. The maximum atomic E-state index is 11.1. The van der Waals surface area contributed by atoms with Crippen LogP contribution in [0, 0.1) is 0 Å². The fourth-order valence-electron chi connectivity index (χ4n) is 0.916.